The van der Waals surface area contributed by atoms with Crippen LogP contribution in [0.4, 0.5) is 0 Å². The molecule has 0 spiro atoms. The van der Waals surface area contributed by atoms with E-state index in [4.69, 9.17) is 5.14 Å². The van der Waals surface area contributed by atoms with Crippen LogP contribution in [-0.2, 0) is 16.6 Å². The van der Waals surface area contributed by atoms with Crippen molar-refractivity contribution in [3.05, 3.63) is 46.3 Å². The maximum absolute atomic E-state index is 12.1. The standard InChI is InChI=1S/C13H11N3O3S3/c14-22(18,19)12-4-2-9(21-12)6-15-13(17)8-1-3-10-11(5-8)20-7-16-10/h1-5,7H,6H2,(H,15,17)(H2,14,18,19). The molecule has 3 aromatic rings. The van der Waals surface area contributed by atoms with Crippen molar-refractivity contribution in [3.8, 4) is 0 Å². The first kappa shape index (κ1) is 15.1. The van der Waals surface area contributed by atoms with Crippen LogP contribution >= 0.6 is 22.7 Å². The number of hydrogen-bond donors (Lipinski definition) is 2. The number of hydrogen-bond acceptors (Lipinski definition) is 6. The van der Waals surface area contributed by atoms with E-state index in [0.29, 0.717) is 5.56 Å². The number of amides is 1. The van der Waals surface area contributed by atoms with Gasteiger partial charge in [-0.25, -0.2) is 18.5 Å². The zero-order valence-corrected chi connectivity index (χ0v) is 13.6. The topological polar surface area (TPSA) is 102 Å². The molecule has 0 aliphatic rings. The first-order chi connectivity index (χ1) is 10.4. The third-order valence-electron chi connectivity index (χ3n) is 2.93. The van der Waals surface area contributed by atoms with E-state index in [1.165, 1.54) is 17.4 Å². The van der Waals surface area contributed by atoms with Gasteiger partial charge in [0, 0.05) is 10.4 Å². The van der Waals surface area contributed by atoms with Gasteiger partial charge in [0.2, 0.25) is 10.0 Å². The fourth-order valence-electron chi connectivity index (χ4n) is 1.87. The Morgan fingerprint density at radius 3 is 2.82 bits per heavy atom. The quantitative estimate of drug-likeness (QED) is 0.748. The number of carbonyl (C=O) groups excluding carboxylic acids is 1. The molecular weight excluding hydrogens is 342 g/mol. The second-order valence-corrected chi connectivity index (χ2v) is 8.33. The van der Waals surface area contributed by atoms with Crippen molar-refractivity contribution in [1.29, 1.82) is 0 Å². The minimum Gasteiger partial charge on any atom is -0.347 e. The summed E-state index contributed by atoms with van der Waals surface area (Å²) in [6.45, 7) is 0.250. The summed E-state index contributed by atoms with van der Waals surface area (Å²) in [6, 6.07) is 8.36. The van der Waals surface area contributed by atoms with E-state index < -0.39 is 10.0 Å². The van der Waals surface area contributed by atoms with Crippen LogP contribution in [0.2, 0.25) is 0 Å². The van der Waals surface area contributed by atoms with Gasteiger partial charge in [-0.15, -0.1) is 22.7 Å². The van der Waals surface area contributed by atoms with Gasteiger partial charge in [-0.1, -0.05) is 0 Å². The molecule has 0 saturated carbocycles. The molecule has 6 nitrogen and oxygen atoms in total. The van der Waals surface area contributed by atoms with Crippen LogP contribution in [0, 0.1) is 0 Å². The molecule has 1 amide bonds. The van der Waals surface area contributed by atoms with Gasteiger partial charge in [-0.2, -0.15) is 0 Å². The highest BCUT2D eigenvalue weighted by molar-refractivity contribution is 7.91. The lowest BCUT2D eigenvalue weighted by Gasteiger charge is -2.03. The fourth-order valence-corrected chi connectivity index (χ4v) is 4.31. The zero-order valence-electron chi connectivity index (χ0n) is 11.1. The fraction of sp³-hybridized carbons (Fsp3) is 0.0769. The maximum atomic E-state index is 12.1. The van der Waals surface area contributed by atoms with Crippen molar-refractivity contribution < 1.29 is 13.2 Å². The predicted octanol–water partition coefficient (Wildman–Crippen LogP) is 1.94. The van der Waals surface area contributed by atoms with Gasteiger partial charge >= 0.3 is 0 Å². The van der Waals surface area contributed by atoms with E-state index >= 15 is 0 Å². The monoisotopic (exact) mass is 353 g/mol. The highest BCUT2D eigenvalue weighted by Gasteiger charge is 2.12. The summed E-state index contributed by atoms with van der Waals surface area (Å²) in [5.74, 6) is -0.221. The number of nitrogens with one attached hydrogen (secondary N) is 1. The van der Waals surface area contributed by atoms with E-state index in [-0.39, 0.29) is 16.7 Å². The van der Waals surface area contributed by atoms with Crippen molar-refractivity contribution in [3.63, 3.8) is 0 Å². The lowest BCUT2D eigenvalue weighted by atomic mass is 10.2. The third-order valence-corrected chi connectivity index (χ3v) is 6.25. The average molecular weight is 353 g/mol. The minimum absolute atomic E-state index is 0.0860. The van der Waals surface area contributed by atoms with Gasteiger partial charge < -0.3 is 5.32 Å². The van der Waals surface area contributed by atoms with Crippen LogP contribution in [0.3, 0.4) is 0 Å². The highest BCUT2D eigenvalue weighted by Crippen LogP contribution is 2.21. The molecule has 114 valence electrons. The van der Waals surface area contributed by atoms with Crippen molar-refractivity contribution >= 4 is 48.8 Å². The van der Waals surface area contributed by atoms with Crippen LogP contribution in [0.5, 0.6) is 0 Å². The Bertz CT molecular complexity index is 944. The number of thiazole rings is 1. The summed E-state index contributed by atoms with van der Waals surface area (Å²) in [5, 5.41) is 7.81. The van der Waals surface area contributed by atoms with Gasteiger partial charge in [-0.3, -0.25) is 4.79 Å². The van der Waals surface area contributed by atoms with E-state index in [9.17, 15) is 13.2 Å². The van der Waals surface area contributed by atoms with Crippen molar-refractivity contribution in [2.75, 3.05) is 0 Å². The summed E-state index contributed by atoms with van der Waals surface area (Å²) < 4.78 is 23.4. The molecule has 3 rings (SSSR count). The number of nitrogens with zero attached hydrogens (tertiary/aromatic N) is 1. The SMILES string of the molecule is NS(=O)(=O)c1ccc(CNC(=O)c2ccc3ncsc3c2)s1. The molecular formula is C13H11N3O3S3. The molecule has 1 aromatic carbocycles. The van der Waals surface area contributed by atoms with Crippen LogP contribution in [0.15, 0.2) is 40.1 Å². The summed E-state index contributed by atoms with van der Waals surface area (Å²) in [7, 11) is -3.69. The minimum atomic E-state index is -3.69. The number of aromatic nitrogens is 1. The Hall–Kier alpha value is -1.81. The molecule has 0 aliphatic heterocycles. The molecule has 0 bridgehead atoms. The van der Waals surface area contributed by atoms with Crippen LogP contribution in [-0.4, -0.2) is 19.3 Å². The number of carbonyl (C=O) groups is 1. The van der Waals surface area contributed by atoms with Gasteiger partial charge in [0.1, 0.15) is 4.21 Å². The van der Waals surface area contributed by atoms with Crippen molar-refractivity contribution in [2.24, 2.45) is 5.14 Å². The Kier molecular flexibility index (Phi) is 3.96. The Labute approximate surface area is 134 Å². The van der Waals surface area contributed by atoms with Crippen LogP contribution in [0.1, 0.15) is 15.2 Å². The molecule has 0 aliphatic carbocycles. The van der Waals surface area contributed by atoms with E-state index in [1.54, 1.807) is 29.8 Å². The third kappa shape index (κ3) is 3.17. The second-order valence-electron chi connectivity index (χ2n) is 4.48. The smallest absolute Gasteiger partial charge is 0.251 e. The first-order valence-corrected chi connectivity index (χ1v) is 9.41. The molecule has 2 aromatic heterocycles. The second kappa shape index (κ2) is 5.76. The lowest BCUT2D eigenvalue weighted by molar-refractivity contribution is 0.0951. The molecule has 3 N–H and O–H groups in total. The van der Waals surface area contributed by atoms with E-state index in [1.807, 2.05) is 0 Å². The largest absolute Gasteiger partial charge is 0.347 e. The maximum Gasteiger partial charge on any atom is 0.251 e. The Balaban J connectivity index is 1.70. The van der Waals surface area contributed by atoms with E-state index in [0.717, 1.165) is 26.4 Å². The first-order valence-electron chi connectivity index (χ1n) is 6.16. The van der Waals surface area contributed by atoms with Gasteiger partial charge in [0.25, 0.3) is 5.91 Å². The number of sulfonamides is 1. The summed E-state index contributed by atoms with van der Waals surface area (Å²) in [6.07, 6.45) is 0. The van der Waals surface area contributed by atoms with Gasteiger partial charge in [-0.05, 0) is 30.3 Å². The number of thiophene rings is 1. The lowest BCUT2D eigenvalue weighted by Crippen LogP contribution is -2.22. The normalized spacial score (nSPS) is 11.7. The number of benzene rings is 1. The Morgan fingerprint density at radius 2 is 2.09 bits per heavy atom. The summed E-state index contributed by atoms with van der Waals surface area (Å²) in [5.41, 5.74) is 3.13. The highest BCUT2D eigenvalue weighted by atomic mass is 32.2. The van der Waals surface area contributed by atoms with Gasteiger partial charge in [0.15, 0.2) is 0 Å². The molecule has 0 atom stereocenters. The zero-order chi connectivity index (χ0) is 15.7. The molecule has 9 heteroatoms. The van der Waals surface area contributed by atoms with E-state index in [2.05, 4.69) is 10.3 Å². The van der Waals surface area contributed by atoms with Crippen LogP contribution < -0.4 is 10.5 Å². The summed E-state index contributed by atoms with van der Waals surface area (Å²) in [4.78, 5) is 17.0. The Morgan fingerprint density at radius 1 is 1.27 bits per heavy atom. The van der Waals surface area contributed by atoms with Crippen molar-refractivity contribution in [1.82, 2.24) is 10.3 Å². The number of nitrogens with two attached hydrogens (primary N) is 1. The number of primary sulfonamides is 1. The molecule has 0 unspecified atom stereocenters. The summed E-state index contributed by atoms with van der Waals surface area (Å²) >= 11 is 2.52. The molecule has 22 heavy (non-hydrogen) atoms. The van der Waals surface area contributed by atoms with Crippen molar-refractivity contribution in [2.45, 2.75) is 10.8 Å². The molecule has 0 saturated heterocycles. The van der Waals surface area contributed by atoms with Gasteiger partial charge in [0.05, 0.1) is 22.3 Å². The molecule has 0 fully saturated rings. The number of fused-ring (bicyclic) bond motifs is 1. The number of rotatable bonds is 4. The predicted molar refractivity (Wildman–Crippen MR) is 86.5 cm³/mol. The van der Waals surface area contributed by atoms with Crippen LogP contribution in [0.25, 0.3) is 10.2 Å². The molecule has 0 radical (unpaired) electrons. The molecule has 2 heterocycles. The average Bonchev–Trinajstić information content (AvgIpc) is 3.12.